The number of hydrogen-bond donors (Lipinski definition) is 1. The minimum Gasteiger partial charge on any atom is -0.491 e. The second-order valence-electron chi connectivity index (χ2n) is 3.24. The van der Waals surface area contributed by atoms with Crippen LogP contribution in [0.2, 0.25) is 5.02 Å². The van der Waals surface area contributed by atoms with Gasteiger partial charge >= 0.3 is 0 Å². The van der Waals surface area contributed by atoms with Gasteiger partial charge in [0.15, 0.2) is 10.4 Å². The maximum absolute atomic E-state index is 13.2. The molecule has 17 heavy (non-hydrogen) atoms. The Morgan fingerprint density at radius 2 is 2.24 bits per heavy atom. The van der Waals surface area contributed by atoms with Crippen molar-refractivity contribution in [3.63, 3.8) is 0 Å². The largest absolute Gasteiger partial charge is 0.491 e. The maximum Gasteiger partial charge on any atom is 0.179 e. The third-order valence-corrected chi connectivity index (χ3v) is 2.83. The zero-order valence-corrected chi connectivity index (χ0v) is 10.4. The minimum absolute atomic E-state index is 0.293. The fourth-order valence-corrected chi connectivity index (χ4v) is 1.92. The summed E-state index contributed by atoms with van der Waals surface area (Å²) in [6, 6.07) is 4.07. The summed E-state index contributed by atoms with van der Waals surface area (Å²) >= 11 is 11.0. The first-order chi connectivity index (χ1) is 8.13. The zero-order chi connectivity index (χ0) is 12.4. The van der Waals surface area contributed by atoms with Crippen molar-refractivity contribution in [2.75, 3.05) is 7.11 Å². The van der Waals surface area contributed by atoms with Gasteiger partial charge in [-0.25, -0.2) is 9.37 Å². The molecule has 2 aromatic rings. The van der Waals surface area contributed by atoms with Gasteiger partial charge in [0.05, 0.1) is 24.2 Å². The van der Waals surface area contributed by atoms with Crippen molar-refractivity contribution in [3.8, 4) is 17.0 Å². The van der Waals surface area contributed by atoms with Crippen molar-refractivity contribution < 1.29 is 9.13 Å². The fraction of sp³-hybridized carbons (Fsp3) is 0.0909. The number of hydrogen-bond acceptors (Lipinski definition) is 3. The second kappa shape index (κ2) is 4.81. The second-order valence-corrected chi connectivity index (χ2v) is 4.03. The van der Waals surface area contributed by atoms with E-state index in [2.05, 4.69) is 9.97 Å². The third-order valence-electron chi connectivity index (χ3n) is 2.21. The third kappa shape index (κ3) is 2.30. The topological polar surface area (TPSA) is 37.9 Å². The molecular weight excluding hydrogens is 263 g/mol. The molecule has 0 amide bonds. The van der Waals surface area contributed by atoms with Crippen LogP contribution in [0, 0.1) is 10.5 Å². The van der Waals surface area contributed by atoms with Crippen LogP contribution < -0.4 is 4.74 Å². The zero-order valence-electron chi connectivity index (χ0n) is 8.83. The Morgan fingerprint density at radius 1 is 1.47 bits per heavy atom. The van der Waals surface area contributed by atoms with E-state index in [9.17, 15) is 4.39 Å². The van der Waals surface area contributed by atoms with Crippen molar-refractivity contribution in [1.82, 2.24) is 9.97 Å². The molecule has 0 fully saturated rings. The van der Waals surface area contributed by atoms with Crippen molar-refractivity contribution in [3.05, 3.63) is 40.0 Å². The highest BCUT2D eigenvalue weighted by molar-refractivity contribution is 7.71. The molecule has 0 aliphatic carbocycles. The number of H-pyrrole nitrogens is 1. The summed E-state index contributed by atoms with van der Waals surface area (Å²) in [6.45, 7) is 0. The van der Waals surface area contributed by atoms with E-state index in [1.807, 2.05) is 0 Å². The molecule has 6 heteroatoms. The Morgan fingerprint density at radius 3 is 2.94 bits per heavy atom. The first-order valence-corrected chi connectivity index (χ1v) is 5.49. The van der Waals surface area contributed by atoms with Crippen LogP contribution in [0.15, 0.2) is 24.5 Å². The Balaban J connectivity index is 2.72. The molecule has 0 spiro atoms. The number of aromatic nitrogens is 2. The molecule has 0 aliphatic rings. The van der Waals surface area contributed by atoms with E-state index in [-0.39, 0.29) is 5.82 Å². The van der Waals surface area contributed by atoms with E-state index in [0.29, 0.717) is 26.7 Å². The molecule has 2 rings (SSSR count). The van der Waals surface area contributed by atoms with E-state index in [1.165, 1.54) is 31.6 Å². The van der Waals surface area contributed by atoms with E-state index >= 15 is 0 Å². The minimum atomic E-state index is -0.386. The molecule has 0 atom stereocenters. The lowest BCUT2D eigenvalue weighted by atomic mass is 10.1. The van der Waals surface area contributed by atoms with Crippen molar-refractivity contribution in [2.24, 2.45) is 0 Å². The molecule has 0 saturated heterocycles. The van der Waals surface area contributed by atoms with Gasteiger partial charge in [-0.05, 0) is 18.2 Å². The van der Waals surface area contributed by atoms with Crippen molar-refractivity contribution in [2.45, 2.75) is 0 Å². The molecule has 0 unspecified atom stereocenters. The van der Waals surface area contributed by atoms with Crippen molar-refractivity contribution >= 4 is 23.8 Å². The number of methoxy groups -OCH3 is 1. The smallest absolute Gasteiger partial charge is 0.179 e. The van der Waals surface area contributed by atoms with E-state index in [0.717, 1.165) is 0 Å². The SMILES string of the molecule is COc1c(-c2cc(F)ccc2Cl)[nH]cnc1=S. The van der Waals surface area contributed by atoms with Crippen LogP contribution in [0.3, 0.4) is 0 Å². The van der Waals surface area contributed by atoms with Gasteiger partial charge in [-0.3, -0.25) is 0 Å². The lowest BCUT2D eigenvalue weighted by molar-refractivity contribution is 0.410. The van der Waals surface area contributed by atoms with Crippen LogP contribution in [-0.2, 0) is 0 Å². The fourth-order valence-electron chi connectivity index (χ4n) is 1.47. The maximum atomic E-state index is 13.2. The number of aromatic amines is 1. The van der Waals surface area contributed by atoms with Crippen LogP contribution in [0.1, 0.15) is 0 Å². The summed E-state index contributed by atoms with van der Waals surface area (Å²) in [7, 11) is 1.47. The lowest BCUT2D eigenvalue weighted by Crippen LogP contribution is -1.95. The summed E-state index contributed by atoms with van der Waals surface area (Å²) in [5, 5.41) is 0.404. The monoisotopic (exact) mass is 270 g/mol. The molecule has 0 saturated carbocycles. The van der Waals surface area contributed by atoms with E-state index in [4.69, 9.17) is 28.6 Å². The molecule has 3 nitrogen and oxygen atoms in total. The van der Waals surface area contributed by atoms with Crippen LogP contribution in [0.25, 0.3) is 11.3 Å². The average molecular weight is 271 g/mol. The predicted octanol–water partition coefficient (Wildman–Crippen LogP) is 3.61. The van der Waals surface area contributed by atoms with Crippen LogP contribution in [0.4, 0.5) is 4.39 Å². The molecule has 0 radical (unpaired) electrons. The predicted molar refractivity (Wildman–Crippen MR) is 66.4 cm³/mol. The summed E-state index contributed by atoms with van der Waals surface area (Å²) in [5.74, 6) is -0.0161. The average Bonchev–Trinajstić information content (AvgIpc) is 2.32. The van der Waals surface area contributed by atoms with Gasteiger partial charge < -0.3 is 9.72 Å². The summed E-state index contributed by atoms with van der Waals surface area (Å²) < 4.78 is 18.7. The number of nitrogens with zero attached hydrogens (tertiary/aromatic N) is 1. The number of benzene rings is 1. The quantitative estimate of drug-likeness (QED) is 0.847. The van der Waals surface area contributed by atoms with Gasteiger partial charge in [0.1, 0.15) is 5.82 Å². The highest BCUT2D eigenvalue weighted by Gasteiger charge is 2.12. The number of ether oxygens (including phenoxy) is 1. The molecule has 1 N–H and O–H groups in total. The van der Waals surface area contributed by atoms with Gasteiger partial charge in [-0.15, -0.1) is 0 Å². The van der Waals surface area contributed by atoms with Gasteiger partial charge in [-0.2, -0.15) is 0 Å². The summed E-state index contributed by atoms with van der Waals surface area (Å²) in [6.07, 6.45) is 1.42. The van der Waals surface area contributed by atoms with Crippen LogP contribution in [-0.4, -0.2) is 17.1 Å². The number of rotatable bonds is 2. The number of nitrogens with one attached hydrogen (secondary N) is 1. The molecule has 1 aromatic heterocycles. The molecule has 88 valence electrons. The van der Waals surface area contributed by atoms with Gasteiger partial charge in [0, 0.05) is 5.56 Å². The molecule has 0 aliphatic heterocycles. The first kappa shape index (κ1) is 12.0. The van der Waals surface area contributed by atoms with Gasteiger partial charge in [0.25, 0.3) is 0 Å². The van der Waals surface area contributed by atoms with E-state index in [1.54, 1.807) is 0 Å². The molecule has 1 aromatic carbocycles. The summed E-state index contributed by atoms with van der Waals surface area (Å²) in [5.41, 5.74) is 0.994. The van der Waals surface area contributed by atoms with Crippen LogP contribution >= 0.6 is 23.8 Å². The van der Waals surface area contributed by atoms with Gasteiger partial charge in [0.2, 0.25) is 0 Å². The normalized spacial score (nSPS) is 10.3. The molecule has 1 heterocycles. The van der Waals surface area contributed by atoms with Crippen LogP contribution in [0.5, 0.6) is 5.75 Å². The van der Waals surface area contributed by atoms with Crippen molar-refractivity contribution in [1.29, 1.82) is 0 Å². The molecule has 0 bridgehead atoms. The highest BCUT2D eigenvalue weighted by Crippen LogP contribution is 2.33. The Bertz CT molecular complexity index is 615. The first-order valence-electron chi connectivity index (χ1n) is 4.70. The highest BCUT2D eigenvalue weighted by atomic mass is 35.5. The van der Waals surface area contributed by atoms with E-state index < -0.39 is 0 Å². The standard InChI is InChI=1S/C11H8ClFN2OS/c1-16-10-9(14-5-15-11(10)17)7-4-6(13)2-3-8(7)12/h2-5H,1H3,(H,14,15,17). The Hall–Kier alpha value is -1.46. The lowest BCUT2D eigenvalue weighted by Gasteiger charge is -2.09. The van der Waals surface area contributed by atoms with Gasteiger partial charge in [-0.1, -0.05) is 23.8 Å². The molecular formula is C11H8ClFN2OS. The Labute approximate surface area is 107 Å². The summed E-state index contributed by atoms with van der Waals surface area (Å²) in [4.78, 5) is 6.74. The number of halogens is 2. The Kier molecular flexibility index (Phi) is 3.40.